The van der Waals surface area contributed by atoms with Gasteiger partial charge in [-0.1, -0.05) is 20.8 Å². The van der Waals surface area contributed by atoms with Crippen LogP contribution in [0.2, 0.25) is 0 Å². The normalized spacial score (nSPS) is 11.8. The van der Waals surface area contributed by atoms with Gasteiger partial charge in [0.05, 0.1) is 5.69 Å². The predicted molar refractivity (Wildman–Crippen MR) is 79.4 cm³/mol. The second-order valence-electron chi connectivity index (χ2n) is 4.78. The zero-order chi connectivity index (χ0) is 12.6. The highest BCUT2D eigenvalue weighted by Crippen LogP contribution is 2.32. The van der Waals surface area contributed by atoms with E-state index in [2.05, 4.69) is 73.4 Å². The van der Waals surface area contributed by atoms with Crippen molar-refractivity contribution in [3.05, 3.63) is 31.7 Å². The molecule has 2 aromatic rings. The van der Waals surface area contributed by atoms with Crippen LogP contribution in [0.25, 0.3) is 11.3 Å². The molecule has 0 atom stereocenters. The van der Waals surface area contributed by atoms with E-state index in [0.29, 0.717) is 0 Å². The Kier molecular flexibility index (Phi) is 3.71. The van der Waals surface area contributed by atoms with Crippen molar-refractivity contribution in [2.75, 3.05) is 0 Å². The van der Waals surface area contributed by atoms with Crippen molar-refractivity contribution in [2.45, 2.75) is 26.2 Å². The van der Waals surface area contributed by atoms with Gasteiger partial charge < -0.3 is 0 Å². The molecule has 0 unspecified atom stereocenters. The van der Waals surface area contributed by atoms with Gasteiger partial charge in [-0.15, -0.1) is 0 Å². The molecule has 2 aromatic heterocycles. The molecule has 2 nitrogen and oxygen atoms in total. The monoisotopic (exact) mass is 374 g/mol. The minimum atomic E-state index is -0.0545. The molecule has 0 spiro atoms. The molecule has 2 rings (SSSR count). The van der Waals surface area contributed by atoms with Crippen LogP contribution in [0.4, 0.5) is 0 Å². The van der Waals surface area contributed by atoms with Gasteiger partial charge in [0, 0.05) is 26.2 Å². The number of aromatic nitrogens is 2. The minimum absolute atomic E-state index is 0.0545. The molecule has 17 heavy (non-hydrogen) atoms. The molecular formula is C12H12Br2N2S. The van der Waals surface area contributed by atoms with Crippen LogP contribution < -0.4 is 0 Å². The summed E-state index contributed by atoms with van der Waals surface area (Å²) in [6.45, 7) is 6.34. The summed E-state index contributed by atoms with van der Waals surface area (Å²) >= 11 is 8.65. The predicted octanol–water partition coefficient (Wildman–Crippen LogP) is 5.03. The molecule has 0 aromatic carbocycles. The van der Waals surface area contributed by atoms with E-state index in [1.807, 2.05) is 6.07 Å². The molecule has 5 heteroatoms. The molecule has 0 saturated heterocycles. The summed E-state index contributed by atoms with van der Waals surface area (Å²) in [5, 5.41) is 4.15. The third-order valence-corrected chi connectivity index (χ3v) is 4.37. The molecule has 0 saturated carbocycles. The quantitative estimate of drug-likeness (QED) is 0.653. The van der Waals surface area contributed by atoms with Gasteiger partial charge in [0.15, 0.2) is 0 Å². The first-order valence-corrected chi connectivity index (χ1v) is 7.68. The van der Waals surface area contributed by atoms with Crippen LogP contribution in [-0.2, 0) is 5.41 Å². The average Bonchev–Trinajstić information content (AvgIpc) is 2.62. The molecule has 2 heterocycles. The maximum absolute atomic E-state index is 4.64. The first-order chi connectivity index (χ1) is 7.88. The van der Waals surface area contributed by atoms with Crippen molar-refractivity contribution in [3.8, 4) is 11.3 Å². The lowest BCUT2D eigenvalue weighted by molar-refractivity contribution is 0.544. The lowest BCUT2D eigenvalue weighted by Crippen LogP contribution is -2.16. The highest BCUT2D eigenvalue weighted by atomic mass is 79.9. The number of halogens is 2. The third kappa shape index (κ3) is 2.95. The summed E-state index contributed by atoms with van der Waals surface area (Å²) in [4.78, 5) is 9.08. The SMILES string of the molecule is CC(C)(C)c1nc(Br)cc(-c2cscc2Br)n1. The Balaban J connectivity index is 2.57. The Hall–Kier alpha value is -0.260. The van der Waals surface area contributed by atoms with Gasteiger partial charge in [0.25, 0.3) is 0 Å². The maximum atomic E-state index is 4.64. The summed E-state index contributed by atoms with van der Waals surface area (Å²) in [6.07, 6.45) is 0. The standard InChI is InChI=1S/C12H12Br2N2S/c1-12(2,3)11-15-9(4-10(14)16-11)7-5-17-6-8(7)13/h4-6H,1-3H3. The van der Waals surface area contributed by atoms with Crippen molar-refractivity contribution in [1.82, 2.24) is 9.97 Å². The Morgan fingerprint density at radius 2 is 1.82 bits per heavy atom. The highest BCUT2D eigenvalue weighted by molar-refractivity contribution is 9.10. The summed E-state index contributed by atoms with van der Waals surface area (Å²) in [7, 11) is 0. The van der Waals surface area contributed by atoms with Crippen molar-refractivity contribution in [2.24, 2.45) is 0 Å². The van der Waals surface area contributed by atoms with Crippen LogP contribution in [0.15, 0.2) is 25.9 Å². The molecule has 0 N–H and O–H groups in total. The molecule has 90 valence electrons. The van der Waals surface area contributed by atoms with Gasteiger partial charge in [-0.2, -0.15) is 11.3 Å². The number of rotatable bonds is 1. The van der Waals surface area contributed by atoms with Crippen LogP contribution in [0.5, 0.6) is 0 Å². The molecule has 0 radical (unpaired) electrons. The fourth-order valence-electron chi connectivity index (χ4n) is 1.36. The van der Waals surface area contributed by atoms with E-state index in [1.54, 1.807) is 11.3 Å². The van der Waals surface area contributed by atoms with Gasteiger partial charge >= 0.3 is 0 Å². The van der Waals surface area contributed by atoms with Crippen LogP contribution in [0.1, 0.15) is 26.6 Å². The van der Waals surface area contributed by atoms with E-state index in [1.165, 1.54) is 0 Å². The lowest BCUT2D eigenvalue weighted by atomic mass is 9.95. The second kappa shape index (κ2) is 4.78. The second-order valence-corrected chi connectivity index (χ2v) is 7.19. The Morgan fingerprint density at radius 3 is 2.35 bits per heavy atom. The van der Waals surface area contributed by atoms with Gasteiger partial charge in [-0.05, 0) is 37.9 Å². The molecule has 0 bridgehead atoms. The summed E-state index contributed by atoms with van der Waals surface area (Å²) in [5.41, 5.74) is 2.01. The fourth-order valence-corrected chi connectivity index (χ4v) is 3.23. The Bertz CT molecular complexity index is 544. The van der Waals surface area contributed by atoms with E-state index >= 15 is 0 Å². The van der Waals surface area contributed by atoms with Gasteiger partial charge in [-0.25, -0.2) is 9.97 Å². The number of thiophene rings is 1. The average molecular weight is 376 g/mol. The minimum Gasteiger partial charge on any atom is -0.232 e. The lowest BCUT2D eigenvalue weighted by Gasteiger charge is -2.17. The van der Waals surface area contributed by atoms with Gasteiger partial charge in [0.2, 0.25) is 0 Å². The van der Waals surface area contributed by atoms with E-state index in [0.717, 1.165) is 26.2 Å². The van der Waals surface area contributed by atoms with E-state index in [4.69, 9.17) is 0 Å². The summed E-state index contributed by atoms with van der Waals surface area (Å²) in [6, 6.07) is 1.95. The first kappa shape index (κ1) is 13.2. The van der Waals surface area contributed by atoms with Crippen LogP contribution in [-0.4, -0.2) is 9.97 Å². The molecule has 0 aliphatic carbocycles. The topological polar surface area (TPSA) is 25.8 Å². The third-order valence-electron chi connectivity index (χ3n) is 2.26. The molecule has 0 fully saturated rings. The Labute approximate surface area is 122 Å². The van der Waals surface area contributed by atoms with Crippen LogP contribution >= 0.6 is 43.2 Å². The number of nitrogens with zero attached hydrogens (tertiary/aromatic N) is 2. The van der Waals surface area contributed by atoms with Gasteiger partial charge in [0.1, 0.15) is 10.4 Å². The van der Waals surface area contributed by atoms with E-state index < -0.39 is 0 Å². The molecular weight excluding hydrogens is 364 g/mol. The highest BCUT2D eigenvalue weighted by Gasteiger charge is 2.19. The summed E-state index contributed by atoms with van der Waals surface area (Å²) < 4.78 is 1.90. The molecule has 0 aliphatic heterocycles. The van der Waals surface area contributed by atoms with Crippen molar-refractivity contribution >= 4 is 43.2 Å². The Morgan fingerprint density at radius 1 is 1.12 bits per heavy atom. The molecule has 0 aliphatic rings. The zero-order valence-electron chi connectivity index (χ0n) is 9.79. The first-order valence-electron chi connectivity index (χ1n) is 5.15. The smallest absolute Gasteiger partial charge is 0.135 e. The fraction of sp³-hybridized carbons (Fsp3) is 0.333. The van der Waals surface area contributed by atoms with E-state index in [9.17, 15) is 0 Å². The van der Waals surface area contributed by atoms with Crippen molar-refractivity contribution in [3.63, 3.8) is 0 Å². The molecule has 0 amide bonds. The maximum Gasteiger partial charge on any atom is 0.135 e. The largest absolute Gasteiger partial charge is 0.232 e. The van der Waals surface area contributed by atoms with E-state index in [-0.39, 0.29) is 5.41 Å². The zero-order valence-corrected chi connectivity index (χ0v) is 13.8. The van der Waals surface area contributed by atoms with Gasteiger partial charge in [-0.3, -0.25) is 0 Å². The van der Waals surface area contributed by atoms with Crippen molar-refractivity contribution < 1.29 is 0 Å². The van der Waals surface area contributed by atoms with Crippen LogP contribution in [0, 0.1) is 0 Å². The number of hydrogen-bond donors (Lipinski definition) is 0. The number of hydrogen-bond acceptors (Lipinski definition) is 3. The summed E-state index contributed by atoms with van der Waals surface area (Å²) in [5.74, 6) is 0.847. The van der Waals surface area contributed by atoms with Crippen molar-refractivity contribution in [1.29, 1.82) is 0 Å². The van der Waals surface area contributed by atoms with Crippen LogP contribution in [0.3, 0.4) is 0 Å².